The van der Waals surface area contributed by atoms with Gasteiger partial charge >= 0.3 is 13.3 Å². The van der Waals surface area contributed by atoms with Crippen LogP contribution in [0.1, 0.15) is 33.3 Å². The number of hydrogen-bond acceptors (Lipinski definition) is 4. The summed E-state index contributed by atoms with van der Waals surface area (Å²) < 4.78 is 54.7. The van der Waals surface area contributed by atoms with E-state index in [1.807, 2.05) is 27.7 Å². The van der Waals surface area contributed by atoms with Crippen LogP contribution >= 0.6 is 0 Å². The molecule has 0 atom stereocenters. The van der Waals surface area contributed by atoms with Crippen molar-refractivity contribution in [1.82, 2.24) is 4.98 Å². The number of halogens is 3. The van der Waals surface area contributed by atoms with Crippen molar-refractivity contribution in [1.29, 1.82) is 0 Å². The topological polar surface area (TPSA) is 40.6 Å². The molecule has 0 saturated carbocycles. The van der Waals surface area contributed by atoms with Gasteiger partial charge in [-0.25, -0.2) is 0 Å². The Morgan fingerprint density at radius 1 is 1.14 bits per heavy atom. The summed E-state index contributed by atoms with van der Waals surface area (Å²) in [6.45, 7) is 7.42. The summed E-state index contributed by atoms with van der Waals surface area (Å²) in [5, 5.41) is 0. The zero-order valence-electron chi connectivity index (χ0n) is 12.5. The van der Waals surface area contributed by atoms with Gasteiger partial charge in [0.15, 0.2) is 0 Å². The fourth-order valence-electron chi connectivity index (χ4n) is 1.93. The zero-order chi connectivity index (χ0) is 16.1. The molecule has 0 N–H and O–H groups in total. The first-order valence-electron chi connectivity index (χ1n) is 6.45. The van der Waals surface area contributed by atoms with E-state index in [0.29, 0.717) is 0 Å². The Morgan fingerprint density at radius 2 is 1.67 bits per heavy atom. The third-order valence-electron chi connectivity index (χ3n) is 3.91. The number of alkyl halides is 3. The Balaban J connectivity index is 2.36. The molecule has 116 valence electrons. The van der Waals surface area contributed by atoms with Crippen molar-refractivity contribution in [3.05, 3.63) is 17.8 Å². The van der Waals surface area contributed by atoms with Gasteiger partial charge in [0.2, 0.25) is 0 Å². The largest absolute Gasteiger partial charge is 0.514 e. The van der Waals surface area contributed by atoms with E-state index in [-0.39, 0.29) is 11.3 Å². The fourth-order valence-corrected chi connectivity index (χ4v) is 1.93. The molecule has 1 aromatic heterocycles. The molecule has 1 aliphatic rings. The van der Waals surface area contributed by atoms with Crippen molar-refractivity contribution in [2.45, 2.75) is 45.1 Å². The third-order valence-corrected chi connectivity index (χ3v) is 3.91. The molecule has 1 saturated heterocycles. The summed E-state index contributed by atoms with van der Waals surface area (Å²) in [5.74, 6) is -0.304. The Hall–Kier alpha value is -1.28. The van der Waals surface area contributed by atoms with Crippen LogP contribution < -0.4 is 10.3 Å². The molecular formula is C13H17BF3NO3. The summed E-state index contributed by atoms with van der Waals surface area (Å²) in [7, 11) is 0.352. The Labute approximate surface area is 121 Å². The van der Waals surface area contributed by atoms with Gasteiger partial charge in [-0.2, -0.15) is 13.2 Å². The minimum atomic E-state index is -4.52. The van der Waals surface area contributed by atoms with Crippen molar-refractivity contribution in [3.63, 3.8) is 0 Å². The molecule has 0 radical (unpaired) electrons. The highest BCUT2D eigenvalue weighted by atomic mass is 19.4. The van der Waals surface area contributed by atoms with E-state index in [2.05, 4.69) is 4.98 Å². The zero-order valence-corrected chi connectivity index (χ0v) is 12.5. The van der Waals surface area contributed by atoms with Crippen LogP contribution in [0.25, 0.3) is 0 Å². The maximum atomic E-state index is 12.8. The van der Waals surface area contributed by atoms with E-state index >= 15 is 0 Å². The molecule has 4 nitrogen and oxygen atoms in total. The number of methoxy groups -OCH3 is 1. The van der Waals surface area contributed by atoms with Crippen LogP contribution in [0.5, 0.6) is 5.75 Å². The average molecular weight is 303 g/mol. The highest BCUT2D eigenvalue weighted by Gasteiger charge is 2.52. The second-order valence-corrected chi connectivity index (χ2v) is 5.90. The number of ether oxygens (including phenoxy) is 1. The lowest BCUT2D eigenvalue weighted by atomic mass is 9.84. The predicted molar refractivity (Wildman–Crippen MR) is 71.5 cm³/mol. The quantitative estimate of drug-likeness (QED) is 0.787. The maximum absolute atomic E-state index is 12.8. The SMILES string of the molecule is COc1cc(B2OC(C)(C)C(C)(C)O2)ncc1C(F)(F)F. The standard InChI is InChI=1S/C13H17BF3NO3/c1-11(2)12(3,4)21-14(20-11)10-6-9(19-5)8(7-18-10)13(15,16)17/h6-7H,1-5H3. The first-order chi connectivity index (χ1) is 9.48. The molecule has 1 aromatic rings. The fraction of sp³-hybridized carbons (Fsp3) is 0.615. The maximum Gasteiger partial charge on any atom is 0.514 e. The summed E-state index contributed by atoms with van der Waals surface area (Å²) in [4.78, 5) is 3.82. The van der Waals surface area contributed by atoms with E-state index in [4.69, 9.17) is 14.0 Å². The van der Waals surface area contributed by atoms with Crippen LogP contribution in [0.4, 0.5) is 13.2 Å². The van der Waals surface area contributed by atoms with Gasteiger partial charge in [-0.1, -0.05) is 0 Å². The van der Waals surface area contributed by atoms with Crippen LogP contribution in [-0.2, 0) is 15.5 Å². The molecule has 8 heteroatoms. The van der Waals surface area contributed by atoms with Crippen molar-refractivity contribution in [2.75, 3.05) is 7.11 Å². The Bertz CT molecular complexity index is 530. The minimum Gasteiger partial charge on any atom is -0.496 e. The molecule has 2 heterocycles. The highest BCUT2D eigenvalue weighted by Crippen LogP contribution is 2.38. The van der Waals surface area contributed by atoms with Gasteiger partial charge in [0.1, 0.15) is 11.3 Å². The van der Waals surface area contributed by atoms with E-state index in [0.717, 1.165) is 6.20 Å². The van der Waals surface area contributed by atoms with E-state index < -0.39 is 30.1 Å². The normalized spacial score (nSPS) is 20.7. The first kappa shape index (κ1) is 16.1. The lowest BCUT2D eigenvalue weighted by Crippen LogP contribution is -2.41. The minimum absolute atomic E-state index is 0.249. The van der Waals surface area contributed by atoms with Crippen molar-refractivity contribution in [3.8, 4) is 5.75 Å². The van der Waals surface area contributed by atoms with Gasteiger partial charge in [0.05, 0.1) is 23.9 Å². The van der Waals surface area contributed by atoms with Gasteiger partial charge in [0, 0.05) is 6.20 Å². The van der Waals surface area contributed by atoms with E-state index in [1.165, 1.54) is 13.2 Å². The van der Waals surface area contributed by atoms with Crippen molar-refractivity contribution >= 4 is 12.7 Å². The molecule has 1 aliphatic heterocycles. The second-order valence-electron chi connectivity index (χ2n) is 5.90. The van der Waals surface area contributed by atoms with Gasteiger partial charge in [-0.3, -0.25) is 4.98 Å². The molecule has 0 aliphatic carbocycles. The lowest BCUT2D eigenvalue weighted by Gasteiger charge is -2.32. The molecule has 2 rings (SSSR count). The lowest BCUT2D eigenvalue weighted by molar-refractivity contribution is -0.139. The number of rotatable bonds is 2. The summed E-state index contributed by atoms with van der Waals surface area (Å²) >= 11 is 0. The van der Waals surface area contributed by atoms with Crippen molar-refractivity contribution < 1.29 is 27.2 Å². The van der Waals surface area contributed by atoms with Crippen LogP contribution in [-0.4, -0.2) is 30.4 Å². The molecule has 1 fully saturated rings. The monoisotopic (exact) mass is 303 g/mol. The van der Waals surface area contributed by atoms with Gasteiger partial charge in [0.25, 0.3) is 0 Å². The molecular weight excluding hydrogens is 286 g/mol. The predicted octanol–water partition coefficient (Wildman–Crippen LogP) is 2.41. The third kappa shape index (κ3) is 2.87. The smallest absolute Gasteiger partial charge is 0.496 e. The Kier molecular flexibility index (Phi) is 3.74. The van der Waals surface area contributed by atoms with E-state index in [1.54, 1.807) is 0 Å². The summed E-state index contributed by atoms with van der Waals surface area (Å²) in [6.07, 6.45) is -3.79. The second kappa shape index (κ2) is 4.88. The van der Waals surface area contributed by atoms with Crippen LogP contribution in [0, 0.1) is 0 Å². The average Bonchev–Trinajstić information content (AvgIpc) is 2.56. The molecule has 0 unspecified atom stereocenters. The number of nitrogens with zero attached hydrogens (tertiary/aromatic N) is 1. The van der Waals surface area contributed by atoms with Crippen LogP contribution in [0.2, 0.25) is 0 Å². The molecule has 0 spiro atoms. The molecule has 0 bridgehead atoms. The van der Waals surface area contributed by atoms with Gasteiger partial charge in [-0.15, -0.1) is 0 Å². The molecule has 0 amide bonds. The van der Waals surface area contributed by atoms with Gasteiger partial charge < -0.3 is 14.0 Å². The Morgan fingerprint density at radius 3 is 2.10 bits per heavy atom. The summed E-state index contributed by atoms with van der Waals surface area (Å²) in [6, 6.07) is 1.20. The number of hydrogen-bond donors (Lipinski definition) is 0. The first-order valence-corrected chi connectivity index (χ1v) is 6.45. The van der Waals surface area contributed by atoms with E-state index in [9.17, 15) is 13.2 Å². The molecule has 21 heavy (non-hydrogen) atoms. The van der Waals surface area contributed by atoms with Gasteiger partial charge in [-0.05, 0) is 33.8 Å². The van der Waals surface area contributed by atoms with Crippen molar-refractivity contribution in [2.24, 2.45) is 0 Å². The summed E-state index contributed by atoms with van der Waals surface area (Å²) in [5.41, 5.74) is -1.85. The van der Waals surface area contributed by atoms with Crippen LogP contribution in [0.15, 0.2) is 12.3 Å². The number of pyridine rings is 1. The molecule has 0 aromatic carbocycles. The number of aromatic nitrogens is 1. The van der Waals surface area contributed by atoms with Crippen LogP contribution in [0.3, 0.4) is 0 Å². The highest BCUT2D eigenvalue weighted by molar-refractivity contribution is 6.61.